The number of aliphatic hydroxyl groups is 1. The summed E-state index contributed by atoms with van der Waals surface area (Å²) in [5.41, 5.74) is 0.00819. The Balaban J connectivity index is 2.34. The van der Waals surface area contributed by atoms with Crippen molar-refractivity contribution in [2.45, 2.75) is 25.0 Å². The van der Waals surface area contributed by atoms with E-state index >= 15 is 0 Å². The second-order valence-electron chi connectivity index (χ2n) is 3.48. The van der Waals surface area contributed by atoms with E-state index in [-0.39, 0.29) is 6.04 Å². The van der Waals surface area contributed by atoms with Crippen molar-refractivity contribution in [3.63, 3.8) is 0 Å². The predicted molar refractivity (Wildman–Crippen MR) is 48.0 cm³/mol. The molecule has 1 fully saturated rings. The number of aromatic nitrogens is 2. The zero-order valence-electron chi connectivity index (χ0n) is 7.57. The number of rotatable bonds is 1. The van der Waals surface area contributed by atoms with Gasteiger partial charge in [-0.2, -0.15) is 0 Å². The van der Waals surface area contributed by atoms with Gasteiger partial charge >= 0.3 is 0 Å². The van der Waals surface area contributed by atoms with E-state index in [0.717, 1.165) is 18.5 Å². The highest BCUT2D eigenvalue weighted by Crippen LogP contribution is 2.31. The summed E-state index contributed by atoms with van der Waals surface area (Å²) in [6.45, 7) is 2.81. The van der Waals surface area contributed by atoms with Gasteiger partial charge in [-0.05, 0) is 19.9 Å². The summed E-state index contributed by atoms with van der Waals surface area (Å²) in [5, 5.41) is 13.5. The minimum absolute atomic E-state index is 0.0681. The van der Waals surface area contributed by atoms with Crippen molar-refractivity contribution in [3.8, 4) is 0 Å². The molecule has 1 saturated heterocycles. The molecule has 1 aliphatic heterocycles. The number of nitrogens with zero attached hydrogens (tertiary/aromatic N) is 2. The molecular formula is C9H13N3O. The Morgan fingerprint density at radius 2 is 2.23 bits per heavy atom. The van der Waals surface area contributed by atoms with Crippen molar-refractivity contribution < 1.29 is 5.11 Å². The summed E-state index contributed by atoms with van der Waals surface area (Å²) in [6.07, 6.45) is 5.55. The summed E-state index contributed by atoms with van der Waals surface area (Å²) in [7, 11) is 0. The molecule has 0 amide bonds. The van der Waals surface area contributed by atoms with E-state index in [1.54, 1.807) is 12.4 Å². The second kappa shape index (κ2) is 3.05. The first-order chi connectivity index (χ1) is 6.23. The van der Waals surface area contributed by atoms with Crippen LogP contribution < -0.4 is 5.32 Å². The lowest BCUT2D eigenvalue weighted by atomic mass is 9.90. The highest BCUT2D eigenvalue weighted by Gasteiger charge is 2.40. The Morgan fingerprint density at radius 3 is 2.77 bits per heavy atom. The van der Waals surface area contributed by atoms with Gasteiger partial charge in [-0.3, -0.25) is 0 Å². The van der Waals surface area contributed by atoms with Gasteiger partial charge in [-0.15, -0.1) is 0 Å². The minimum Gasteiger partial charge on any atom is -0.383 e. The molecule has 4 heteroatoms. The molecule has 1 aromatic rings. The Kier molecular flexibility index (Phi) is 2.01. The van der Waals surface area contributed by atoms with Crippen LogP contribution in [0.1, 0.15) is 18.9 Å². The molecule has 2 atom stereocenters. The highest BCUT2D eigenvalue weighted by molar-refractivity contribution is 5.19. The van der Waals surface area contributed by atoms with Crippen LogP contribution in [0.5, 0.6) is 0 Å². The van der Waals surface area contributed by atoms with Crippen molar-refractivity contribution in [3.05, 3.63) is 24.3 Å². The summed E-state index contributed by atoms with van der Waals surface area (Å²) in [5.74, 6) is 0. The van der Waals surface area contributed by atoms with Crippen LogP contribution in [0.15, 0.2) is 18.7 Å². The summed E-state index contributed by atoms with van der Waals surface area (Å²) >= 11 is 0. The first-order valence-corrected chi connectivity index (χ1v) is 4.45. The molecule has 0 saturated carbocycles. The van der Waals surface area contributed by atoms with Crippen LogP contribution in [0.2, 0.25) is 0 Å². The van der Waals surface area contributed by atoms with E-state index in [1.165, 1.54) is 6.33 Å². The van der Waals surface area contributed by atoms with Gasteiger partial charge in [0.2, 0.25) is 0 Å². The van der Waals surface area contributed by atoms with Gasteiger partial charge in [-0.1, -0.05) is 0 Å². The fraction of sp³-hybridized carbons (Fsp3) is 0.556. The molecule has 2 N–H and O–H groups in total. The highest BCUT2D eigenvalue weighted by atomic mass is 16.3. The van der Waals surface area contributed by atoms with Gasteiger partial charge in [0.25, 0.3) is 0 Å². The fourth-order valence-corrected chi connectivity index (χ4v) is 1.78. The van der Waals surface area contributed by atoms with Crippen LogP contribution in [0.25, 0.3) is 0 Å². The summed E-state index contributed by atoms with van der Waals surface area (Å²) < 4.78 is 0. The zero-order chi connectivity index (χ0) is 9.31. The molecule has 4 nitrogen and oxygen atoms in total. The maximum absolute atomic E-state index is 10.3. The molecule has 2 rings (SSSR count). The monoisotopic (exact) mass is 179 g/mol. The van der Waals surface area contributed by atoms with Crippen molar-refractivity contribution in [1.29, 1.82) is 0 Å². The quantitative estimate of drug-likeness (QED) is 0.639. The first-order valence-electron chi connectivity index (χ1n) is 4.45. The van der Waals surface area contributed by atoms with Gasteiger partial charge in [0.15, 0.2) is 0 Å². The Hall–Kier alpha value is -1.00. The maximum atomic E-state index is 10.3. The lowest BCUT2D eigenvalue weighted by molar-refractivity contribution is 0.0286. The van der Waals surface area contributed by atoms with E-state index in [9.17, 15) is 5.11 Å². The van der Waals surface area contributed by atoms with Gasteiger partial charge in [0, 0.05) is 24.0 Å². The topological polar surface area (TPSA) is 58.0 Å². The normalized spacial score (nSPS) is 33.5. The molecule has 13 heavy (non-hydrogen) atoms. The molecule has 1 aliphatic rings. The number of hydrogen-bond donors (Lipinski definition) is 2. The van der Waals surface area contributed by atoms with E-state index in [0.29, 0.717) is 0 Å². The smallest absolute Gasteiger partial charge is 0.115 e. The Labute approximate surface area is 77.0 Å². The average molecular weight is 179 g/mol. The van der Waals surface area contributed by atoms with Crippen LogP contribution in [0.3, 0.4) is 0 Å². The van der Waals surface area contributed by atoms with Gasteiger partial charge < -0.3 is 10.4 Å². The van der Waals surface area contributed by atoms with E-state index in [2.05, 4.69) is 15.3 Å². The van der Waals surface area contributed by atoms with E-state index in [4.69, 9.17) is 0 Å². The van der Waals surface area contributed by atoms with Crippen molar-refractivity contribution >= 4 is 0 Å². The molecular weight excluding hydrogens is 166 g/mol. The molecule has 0 bridgehead atoms. The molecule has 2 unspecified atom stereocenters. The second-order valence-corrected chi connectivity index (χ2v) is 3.48. The van der Waals surface area contributed by atoms with E-state index in [1.807, 2.05) is 6.92 Å². The fourth-order valence-electron chi connectivity index (χ4n) is 1.78. The summed E-state index contributed by atoms with van der Waals surface area (Å²) in [6, 6.07) is 0.0681. The van der Waals surface area contributed by atoms with Crippen molar-refractivity contribution in [2.75, 3.05) is 6.54 Å². The molecule has 2 heterocycles. The largest absolute Gasteiger partial charge is 0.383 e. The van der Waals surface area contributed by atoms with Crippen LogP contribution in [-0.2, 0) is 5.60 Å². The Morgan fingerprint density at radius 1 is 1.54 bits per heavy atom. The van der Waals surface area contributed by atoms with Crippen molar-refractivity contribution in [1.82, 2.24) is 15.3 Å². The predicted octanol–water partition coefficient (Wildman–Crippen LogP) is 0.0460. The molecule has 0 aliphatic carbocycles. The molecule has 70 valence electrons. The molecule has 0 spiro atoms. The zero-order valence-corrected chi connectivity index (χ0v) is 7.57. The summed E-state index contributed by atoms with van der Waals surface area (Å²) in [4.78, 5) is 7.82. The minimum atomic E-state index is -0.790. The SMILES string of the molecule is CC1NCCC1(O)c1cncnc1. The van der Waals surface area contributed by atoms with Gasteiger partial charge in [-0.25, -0.2) is 9.97 Å². The van der Waals surface area contributed by atoms with Crippen LogP contribution in [-0.4, -0.2) is 27.7 Å². The number of hydrogen-bond acceptors (Lipinski definition) is 4. The molecule has 0 aromatic carbocycles. The van der Waals surface area contributed by atoms with Gasteiger partial charge in [0.1, 0.15) is 11.9 Å². The first kappa shape index (κ1) is 8.59. The van der Waals surface area contributed by atoms with Crippen molar-refractivity contribution in [2.24, 2.45) is 0 Å². The molecule has 1 aromatic heterocycles. The maximum Gasteiger partial charge on any atom is 0.115 e. The number of nitrogens with one attached hydrogen (secondary N) is 1. The standard InChI is InChI=1S/C9H13N3O/c1-7-9(13,2-3-12-7)8-4-10-6-11-5-8/h4-7,12-13H,2-3H2,1H3. The lowest BCUT2D eigenvalue weighted by Gasteiger charge is -2.26. The van der Waals surface area contributed by atoms with E-state index < -0.39 is 5.60 Å². The molecule has 0 radical (unpaired) electrons. The Bertz CT molecular complexity index is 290. The van der Waals surface area contributed by atoms with Crippen LogP contribution >= 0.6 is 0 Å². The average Bonchev–Trinajstić information content (AvgIpc) is 2.50. The van der Waals surface area contributed by atoms with Crippen LogP contribution in [0, 0.1) is 0 Å². The third-order valence-corrected chi connectivity index (χ3v) is 2.73. The third-order valence-electron chi connectivity index (χ3n) is 2.73. The van der Waals surface area contributed by atoms with Gasteiger partial charge in [0.05, 0.1) is 0 Å². The third kappa shape index (κ3) is 1.32. The van der Waals surface area contributed by atoms with Crippen LogP contribution in [0.4, 0.5) is 0 Å². The lowest BCUT2D eigenvalue weighted by Crippen LogP contribution is -2.37.